The molecule has 28 heavy (non-hydrogen) atoms. The Morgan fingerprint density at radius 3 is 2.54 bits per heavy atom. The average Bonchev–Trinajstić information content (AvgIpc) is 3.08. The number of rotatable bonds is 3. The van der Waals surface area contributed by atoms with Crippen molar-refractivity contribution in [3.63, 3.8) is 0 Å². The number of para-hydroxylation sites is 1. The molecule has 0 saturated carbocycles. The van der Waals surface area contributed by atoms with Crippen molar-refractivity contribution in [2.45, 2.75) is 0 Å². The van der Waals surface area contributed by atoms with Gasteiger partial charge < -0.3 is 15.4 Å². The molecule has 0 unspecified atom stereocenters. The van der Waals surface area contributed by atoms with Crippen LogP contribution in [0.5, 0.6) is 5.75 Å². The molecule has 140 valence electrons. The van der Waals surface area contributed by atoms with Gasteiger partial charge in [-0.05, 0) is 36.4 Å². The van der Waals surface area contributed by atoms with Gasteiger partial charge in [0.15, 0.2) is 0 Å². The van der Waals surface area contributed by atoms with E-state index in [1.165, 1.54) is 53.3 Å². The number of fused-ring (bicyclic) bond motifs is 1. The molecule has 4 rings (SSSR count). The van der Waals surface area contributed by atoms with Crippen LogP contribution in [-0.2, 0) is 0 Å². The van der Waals surface area contributed by atoms with E-state index in [0.717, 1.165) is 6.07 Å². The molecule has 0 aliphatic carbocycles. The van der Waals surface area contributed by atoms with Crippen molar-refractivity contribution in [1.29, 1.82) is 0 Å². The van der Waals surface area contributed by atoms with Gasteiger partial charge in [-0.25, -0.2) is 13.5 Å². The molecule has 0 radical (unpaired) electrons. The van der Waals surface area contributed by atoms with Gasteiger partial charge in [0.2, 0.25) is 0 Å². The van der Waals surface area contributed by atoms with Crippen LogP contribution in [-0.4, -0.2) is 25.8 Å². The number of aromatic amines is 1. The molecule has 3 N–H and O–H groups in total. The fourth-order valence-electron chi connectivity index (χ4n) is 2.79. The summed E-state index contributed by atoms with van der Waals surface area (Å²) in [6, 6.07) is 10.8. The zero-order valence-electron chi connectivity index (χ0n) is 14.1. The first-order valence-corrected chi connectivity index (χ1v) is 8.10. The number of nitrogens with zero attached hydrogens (tertiary/aromatic N) is 2. The summed E-state index contributed by atoms with van der Waals surface area (Å²) in [5.41, 5.74) is -1.03. The second kappa shape index (κ2) is 6.62. The molecule has 2 aromatic heterocycles. The first-order valence-electron chi connectivity index (χ1n) is 8.10. The van der Waals surface area contributed by atoms with Gasteiger partial charge in [0, 0.05) is 0 Å². The maximum absolute atomic E-state index is 13.7. The summed E-state index contributed by atoms with van der Waals surface area (Å²) in [6.07, 6.45) is 1.25. The maximum Gasteiger partial charge on any atom is 0.266 e. The van der Waals surface area contributed by atoms with E-state index in [0.29, 0.717) is 5.69 Å². The van der Waals surface area contributed by atoms with Crippen molar-refractivity contribution in [1.82, 2.24) is 14.8 Å². The number of nitrogens with one attached hydrogen (secondary N) is 2. The third kappa shape index (κ3) is 2.88. The van der Waals surface area contributed by atoms with E-state index in [1.807, 2.05) is 0 Å². The number of pyridine rings is 1. The molecular weight excluding hydrogens is 370 g/mol. The van der Waals surface area contributed by atoms with E-state index >= 15 is 0 Å². The summed E-state index contributed by atoms with van der Waals surface area (Å²) in [4.78, 5) is 27.4. The fraction of sp³-hybridized carbons (Fsp3) is 0. The molecule has 0 spiro atoms. The highest BCUT2D eigenvalue weighted by atomic mass is 19.1. The van der Waals surface area contributed by atoms with Crippen LogP contribution in [0.25, 0.3) is 16.7 Å². The van der Waals surface area contributed by atoms with Crippen molar-refractivity contribution in [3.05, 3.63) is 82.3 Å². The van der Waals surface area contributed by atoms with Gasteiger partial charge in [0.1, 0.15) is 28.6 Å². The molecule has 2 heterocycles. The molecule has 1 amide bonds. The van der Waals surface area contributed by atoms with Crippen molar-refractivity contribution in [2.24, 2.45) is 0 Å². The number of aromatic hydroxyl groups is 1. The minimum Gasteiger partial charge on any atom is -0.506 e. The number of anilines is 1. The van der Waals surface area contributed by atoms with E-state index in [2.05, 4.69) is 15.4 Å². The molecule has 0 fully saturated rings. The smallest absolute Gasteiger partial charge is 0.266 e. The van der Waals surface area contributed by atoms with E-state index in [-0.39, 0.29) is 16.7 Å². The van der Waals surface area contributed by atoms with Crippen LogP contribution in [0.15, 0.2) is 59.5 Å². The van der Waals surface area contributed by atoms with Crippen LogP contribution in [0.3, 0.4) is 0 Å². The van der Waals surface area contributed by atoms with E-state index in [4.69, 9.17) is 0 Å². The predicted octanol–water partition coefficient (Wildman–Crippen LogP) is 2.95. The van der Waals surface area contributed by atoms with Gasteiger partial charge >= 0.3 is 0 Å². The van der Waals surface area contributed by atoms with Crippen LogP contribution in [0.1, 0.15) is 10.4 Å². The average molecular weight is 382 g/mol. The molecule has 7 nitrogen and oxygen atoms in total. The second-order valence-electron chi connectivity index (χ2n) is 5.91. The SMILES string of the molecule is O=C(Nc1ccccc1F)c1c(O)c2cnn(-c3ccc(F)cc3)c2[nH]c1=O. The van der Waals surface area contributed by atoms with Crippen LogP contribution >= 0.6 is 0 Å². The lowest BCUT2D eigenvalue weighted by molar-refractivity contribution is 0.102. The van der Waals surface area contributed by atoms with E-state index in [9.17, 15) is 23.5 Å². The number of benzene rings is 2. The quantitative estimate of drug-likeness (QED) is 0.507. The highest BCUT2D eigenvalue weighted by Crippen LogP contribution is 2.27. The Balaban J connectivity index is 1.79. The molecule has 0 bridgehead atoms. The second-order valence-corrected chi connectivity index (χ2v) is 5.91. The number of hydrogen-bond acceptors (Lipinski definition) is 4. The Morgan fingerprint density at radius 2 is 1.82 bits per heavy atom. The Kier molecular flexibility index (Phi) is 4.11. The minimum absolute atomic E-state index is 0.0996. The minimum atomic E-state index is -0.972. The van der Waals surface area contributed by atoms with Gasteiger partial charge in [0.25, 0.3) is 11.5 Å². The van der Waals surface area contributed by atoms with Gasteiger partial charge in [-0.15, -0.1) is 0 Å². The predicted molar refractivity (Wildman–Crippen MR) is 97.7 cm³/mol. The Morgan fingerprint density at radius 1 is 1.11 bits per heavy atom. The zero-order valence-corrected chi connectivity index (χ0v) is 14.1. The summed E-state index contributed by atoms with van der Waals surface area (Å²) in [6.45, 7) is 0. The Hall–Kier alpha value is -4.01. The number of halogens is 2. The van der Waals surface area contributed by atoms with Crippen LogP contribution in [0.4, 0.5) is 14.5 Å². The maximum atomic E-state index is 13.7. The summed E-state index contributed by atoms with van der Waals surface area (Å²) in [5, 5.41) is 16.9. The Bertz CT molecular complexity index is 1260. The van der Waals surface area contributed by atoms with Crippen LogP contribution in [0.2, 0.25) is 0 Å². The molecule has 2 aromatic carbocycles. The van der Waals surface area contributed by atoms with Crippen molar-refractivity contribution < 1.29 is 18.7 Å². The van der Waals surface area contributed by atoms with Crippen molar-refractivity contribution in [3.8, 4) is 11.4 Å². The van der Waals surface area contributed by atoms with Gasteiger partial charge in [-0.2, -0.15) is 5.10 Å². The zero-order chi connectivity index (χ0) is 19.8. The topological polar surface area (TPSA) is 100 Å². The highest BCUT2D eigenvalue weighted by molar-refractivity contribution is 6.08. The lowest BCUT2D eigenvalue weighted by Crippen LogP contribution is -2.24. The van der Waals surface area contributed by atoms with E-state index in [1.54, 1.807) is 0 Å². The van der Waals surface area contributed by atoms with Crippen LogP contribution < -0.4 is 10.9 Å². The third-order valence-corrected chi connectivity index (χ3v) is 4.14. The Labute approximate surface area is 155 Å². The number of aromatic nitrogens is 3. The normalized spacial score (nSPS) is 10.9. The summed E-state index contributed by atoms with van der Waals surface area (Å²) >= 11 is 0. The van der Waals surface area contributed by atoms with Crippen LogP contribution in [0, 0.1) is 11.6 Å². The first-order chi connectivity index (χ1) is 13.5. The number of hydrogen-bond donors (Lipinski definition) is 3. The molecule has 0 saturated heterocycles. The lowest BCUT2D eigenvalue weighted by Gasteiger charge is -2.08. The third-order valence-electron chi connectivity index (χ3n) is 4.14. The molecular formula is C19H12F2N4O3. The molecule has 4 aromatic rings. The van der Waals surface area contributed by atoms with Gasteiger partial charge in [-0.3, -0.25) is 9.59 Å². The van der Waals surface area contributed by atoms with Gasteiger partial charge in [-0.1, -0.05) is 12.1 Å². The van der Waals surface area contributed by atoms with E-state index < -0.39 is 34.4 Å². The molecule has 9 heteroatoms. The number of amides is 1. The largest absolute Gasteiger partial charge is 0.506 e. The number of carbonyl (C=O) groups is 1. The van der Waals surface area contributed by atoms with Crippen molar-refractivity contribution >= 4 is 22.6 Å². The molecule has 0 atom stereocenters. The summed E-state index contributed by atoms with van der Waals surface area (Å²) in [5.74, 6) is -2.69. The highest BCUT2D eigenvalue weighted by Gasteiger charge is 2.22. The summed E-state index contributed by atoms with van der Waals surface area (Å²) < 4.78 is 28.1. The molecule has 0 aliphatic rings. The fourth-order valence-corrected chi connectivity index (χ4v) is 2.79. The molecule has 0 aliphatic heterocycles. The van der Waals surface area contributed by atoms with Crippen molar-refractivity contribution in [2.75, 3.05) is 5.32 Å². The monoisotopic (exact) mass is 382 g/mol. The summed E-state index contributed by atoms with van der Waals surface area (Å²) in [7, 11) is 0. The number of carbonyl (C=O) groups excluding carboxylic acids is 1. The first kappa shape index (κ1) is 17.4. The number of H-pyrrole nitrogens is 1. The lowest BCUT2D eigenvalue weighted by atomic mass is 10.2. The van der Waals surface area contributed by atoms with Gasteiger partial charge in [0.05, 0.1) is 23.0 Å². The standard InChI is InChI=1S/C19H12F2N4O3/c20-10-5-7-11(8-6-10)25-17-12(9-22-25)16(26)15(19(28)24-17)18(27)23-14-4-2-1-3-13(14)21/h1-9H,(H,23,27)(H2,24,26,28).